The molecule has 1 aromatic carbocycles. The fourth-order valence-corrected chi connectivity index (χ4v) is 2.18. The maximum Gasteiger partial charge on any atom is 0.256 e. The van der Waals surface area contributed by atoms with Gasteiger partial charge in [0.2, 0.25) is 0 Å². The Morgan fingerprint density at radius 2 is 1.87 bits per heavy atom. The number of aryl methyl sites for hydroxylation is 1. The molecule has 0 unspecified atom stereocenters. The number of benzene rings is 1. The second-order valence-corrected chi connectivity index (χ2v) is 4.38. The zero-order valence-corrected chi connectivity index (χ0v) is 9.20. The second-order valence-electron chi connectivity index (χ2n) is 3.28. The number of pyridine rings is 1. The molecular formula is C12H11NOS. The van der Waals surface area contributed by atoms with Gasteiger partial charge in [-0.15, -0.1) is 0 Å². The number of hydrogen-bond acceptors (Lipinski definition) is 2. The highest BCUT2D eigenvalue weighted by atomic mass is 32.2. The minimum atomic E-state index is 0.709. The van der Waals surface area contributed by atoms with E-state index in [0.717, 1.165) is 15.2 Å². The van der Waals surface area contributed by atoms with Crippen LogP contribution in [-0.2, 0) is 0 Å². The van der Waals surface area contributed by atoms with Gasteiger partial charge < -0.3 is 5.21 Å². The van der Waals surface area contributed by atoms with E-state index in [1.54, 1.807) is 6.20 Å². The second kappa shape index (κ2) is 4.36. The smallest absolute Gasteiger partial charge is 0.256 e. The van der Waals surface area contributed by atoms with Gasteiger partial charge in [0, 0.05) is 17.0 Å². The fraction of sp³-hybridized carbons (Fsp3) is 0.0833. The molecule has 76 valence electrons. The summed E-state index contributed by atoms with van der Waals surface area (Å²) in [6.07, 6.45) is 1.54. The Kier molecular flexibility index (Phi) is 2.92. The third-order valence-electron chi connectivity index (χ3n) is 2.01. The van der Waals surface area contributed by atoms with Crippen molar-refractivity contribution in [1.29, 1.82) is 0 Å². The predicted octanol–water partition coefficient (Wildman–Crippen LogP) is 2.78. The molecule has 1 aromatic heterocycles. The molecule has 0 amide bonds. The minimum absolute atomic E-state index is 0.709. The molecule has 0 saturated heterocycles. The number of aromatic nitrogens is 1. The Bertz CT molecular complexity index is 456. The first-order chi connectivity index (χ1) is 7.25. The van der Waals surface area contributed by atoms with E-state index < -0.39 is 0 Å². The molecule has 0 atom stereocenters. The fourth-order valence-electron chi connectivity index (χ4n) is 1.25. The number of nitrogens with zero attached hydrogens (tertiary/aromatic N) is 1. The van der Waals surface area contributed by atoms with E-state index in [2.05, 4.69) is 0 Å². The summed E-state index contributed by atoms with van der Waals surface area (Å²) < 4.78 is 0.894. The monoisotopic (exact) mass is 217 g/mol. The summed E-state index contributed by atoms with van der Waals surface area (Å²) >= 11 is 1.48. The number of rotatable bonds is 2. The van der Waals surface area contributed by atoms with Crippen LogP contribution in [-0.4, -0.2) is 0 Å². The summed E-state index contributed by atoms with van der Waals surface area (Å²) in [6, 6.07) is 13.6. The highest BCUT2D eigenvalue weighted by Gasteiger charge is 2.06. The van der Waals surface area contributed by atoms with Crippen LogP contribution in [0.25, 0.3) is 0 Å². The Labute approximate surface area is 93.2 Å². The van der Waals surface area contributed by atoms with Gasteiger partial charge in [0.25, 0.3) is 5.03 Å². The SMILES string of the molecule is Cc1cc[n+]([O-])c(Sc2ccccc2)c1. The van der Waals surface area contributed by atoms with E-state index >= 15 is 0 Å². The Morgan fingerprint density at radius 3 is 2.60 bits per heavy atom. The van der Waals surface area contributed by atoms with Crippen molar-refractivity contribution in [2.45, 2.75) is 16.8 Å². The van der Waals surface area contributed by atoms with Crippen LogP contribution in [0.4, 0.5) is 0 Å². The van der Waals surface area contributed by atoms with E-state index in [1.807, 2.05) is 49.4 Å². The summed E-state index contributed by atoms with van der Waals surface area (Å²) in [7, 11) is 0. The van der Waals surface area contributed by atoms with Crippen molar-refractivity contribution < 1.29 is 4.73 Å². The van der Waals surface area contributed by atoms with Gasteiger partial charge in [-0.2, -0.15) is 4.73 Å². The Hall–Kier alpha value is -1.48. The highest BCUT2D eigenvalue weighted by Crippen LogP contribution is 2.24. The van der Waals surface area contributed by atoms with Gasteiger partial charge in [0.1, 0.15) is 0 Å². The lowest BCUT2D eigenvalue weighted by Gasteiger charge is -2.04. The summed E-state index contributed by atoms with van der Waals surface area (Å²) in [5.74, 6) is 0. The topological polar surface area (TPSA) is 26.9 Å². The molecule has 1 heterocycles. The predicted molar refractivity (Wildman–Crippen MR) is 60.7 cm³/mol. The molecule has 15 heavy (non-hydrogen) atoms. The summed E-state index contributed by atoms with van der Waals surface area (Å²) in [5, 5.41) is 12.2. The first kappa shape index (κ1) is 10.1. The van der Waals surface area contributed by atoms with Crippen LogP contribution in [0.1, 0.15) is 5.56 Å². The maximum atomic E-state index is 11.5. The molecule has 0 aliphatic rings. The molecule has 2 rings (SSSR count). The van der Waals surface area contributed by atoms with Gasteiger partial charge in [-0.25, -0.2) is 0 Å². The Balaban J connectivity index is 2.28. The Morgan fingerprint density at radius 1 is 1.13 bits per heavy atom. The van der Waals surface area contributed by atoms with Crippen LogP contribution in [0.5, 0.6) is 0 Å². The van der Waals surface area contributed by atoms with Gasteiger partial charge in [-0.05, 0) is 36.4 Å². The van der Waals surface area contributed by atoms with Gasteiger partial charge >= 0.3 is 0 Å². The first-order valence-electron chi connectivity index (χ1n) is 4.68. The summed E-state index contributed by atoms with van der Waals surface area (Å²) in [6.45, 7) is 1.98. The van der Waals surface area contributed by atoms with Crippen LogP contribution in [0, 0.1) is 12.1 Å². The lowest BCUT2D eigenvalue weighted by atomic mass is 10.3. The molecule has 0 aliphatic carbocycles. The molecule has 2 aromatic rings. The molecule has 0 N–H and O–H groups in total. The first-order valence-corrected chi connectivity index (χ1v) is 5.50. The highest BCUT2D eigenvalue weighted by molar-refractivity contribution is 7.99. The molecule has 0 fully saturated rings. The normalized spacial score (nSPS) is 10.2. The average Bonchev–Trinajstić information content (AvgIpc) is 2.25. The van der Waals surface area contributed by atoms with Gasteiger partial charge in [-0.1, -0.05) is 18.2 Å². The summed E-state index contributed by atoms with van der Waals surface area (Å²) in [4.78, 5) is 1.08. The van der Waals surface area contributed by atoms with E-state index in [9.17, 15) is 5.21 Å². The van der Waals surface area contributed by atoms with Crippen molar-refractivity contribution >= 4 is 11.8 Å². The van der Waals surface area contributed by atoms with Gasteiger partial charge in [0.15, 0.2) is 6.20 Å². The quantitative estimate of drug-likeness (QED) is 0.571. The third-order valence-corrected chi connectivity index (χ3v) is 3.02. The van der Waals surface area contributed by atoms with E-state index in [1.165, 1.54) is 11.8 Å². The minimum Gasteiger partial charge on any atom is -0.618 e. The van der Waals surface area contributed by atoms with Crippen molar-refractivity contribution in [2.24, 2.45) is 0 Å². The molecule has 0 saturated carbocycles. The van der Waals surface area contributed by atoms with Crippen LogP contribution in [0.3, 0.4) is 0 Å². The third kappa shape index (κ3) is 2.50. The van der Waals surface area contributed by atoms with Gasteiger partial charge in [0.05, 0.1) is 0 Å². The molecule has 0 radical (unpaired) electrons. The van der Waals surface area contributed by atoms with Gasteiger partial charge in [-0.3, -0.25) is 0 Å². The average molecular weight is 217 g/mol. The van der Waals surface area contributed by atoms with E-state index in [0.29, 0.717) is 5.03 Å². The lowest BCUT2D eigenvalue weighted by Crippen LogP contribution is -2.27. The van der Waals surface area contributed by atoms with Crippen molar-refractivity contribution in [3.63, 3.8) is 0 Å². The van der Waals surface area contributed by atoms with Crippen molar-refractivity contribution in [1.82, 2.24) is 0 Å². The van der Waals surface area contributed by atoms with Crippen LogP contribution >= 0.6 is 11.8 Å². The molecule has 2 nitrogen and oxygen atoms in total. The zero-order chi connectivity index (χ0) is 10.7. The molecular weight excluding hydrogens is 206 g/mol. The maximum absolute atomic E-state index is 11.5. The van der Waals surface area contributed by atoms with Crippen molar-refractivity contribution in [2.75, 3.05) is 0 Å². The standard InChI is InChI=1S/C12H11NOS/c1-10-7-8-13(14)12(9-10)15-11-5-3-2-4-6-11/h2-9H,1H3. The molecule has 0 aliphatic heterocycles. The zero-order valence-electron chi connectivity index (χ0n) is 8.38. The van der Waals surface area contributed by atoms with E-state index in [-0.39, 0.29) is 0 Å². The number of hydrogen-bond donors (Lipinski definition) is 0. The molecule has 0 bridgehead atoms. The van der Waals surface area contributed by atoms with E-state index in [4.69, 9.17) is 0 Å². The van der Waals surface area contributed by atoms with Crippen molar-refractivity contribution in [3.05, 3.63) is 59.4 Å². The summed E-state index contributed by atoms with van der Waals surface area (Å²) in [5.41, 5.74) is 1.10. The van der Waals surface area contributed by atoms with Crippen LogP contribution in [0.2, 0.25) is 0 Å². The largest absolute Gasteiger partial charge is 0.618 e. The van der Waals surface area contributed by atoms with Crippen LogP contribution < -0.4 is 4.73 Å². The van der Waals surface area contributed by atoms with Crippen LogP contribution in [0.15, 0.2) is 58.6 Å². The molecule has 3 heteroatoms. The molecule has 0 spiro atoms. The lowest BCUT2D eigenvalue weighted by molar-refractivity contribution is -0.645. The van der Waals surface area contributed by atoms with Crippen molar-refractivity contribution in [3.8, 4) is 0 Å².